The van der Waals surface area contributed by atoms with Gasteiger partial charge in [-0.3, -0.25) is 0 Å². The Morgan fingerprint density at radius 2 is 2.21 bits per heavy atom. The van der Waals surface area contributed by atoms with Gasteiger partial charge in [0.05, 0.1) is 4.47 Å². The Morgan fingerprint density at radius 3 is 2.71 bits per heavy atom. The van der Waals surface area contributed by atoms with Crippen molar-refractivity contribution in [3.8, 4) is 5.75 Å². The highest BCUT2D eigenvalue weighted by Gasteiger charge is 2.17. The van der Waals surface area contributed by atoms with Gasteiger partial charge in [0.15, 0.2) is 6.10 Å². The predicted octanol–water partition coefficient (Wildman–Crippen LogP) is 2.69. The molecule has 0 saturated carbocycles. The standard InChI is InChI=1S/C10H11BrO3/c1-2-8(10(12)13)14-9-6-4-3-5-7(9)11/h3-6,8H,2H2,1H3,(H,12,13)/t8-/m0/s1. The molecule has 0 radical (unpaired) electrons. The minimum atomic E-state index is -0.941. The quantitative estimate of drug-likeness (QED) is 0.904. The van der Waals surface area contributed by atoms with Gasteiger partial charge in [-0.1, -0.05) is 19.1 Å². The van der Waals surface area contributed by atoms with Crippen molar-refractivity contribution in [3.63, 3.8) is 0 Å². The number of carboxylic acids is 1. The van der Waals surface area contributed by atoms with Gasteiger partial charge in [-0.15, -0.1) is 0 Å². The average Bonchev–Trinajstić information content (AvgIpc) is 2.16. The van der Waals surface area contributed by atoms with Crippen LogP contribution in [0.3, 0.4) is 0 Å². The Hall–Kier alpha value is -1.03. The Kier molecular flexibility index (Phi) is 3.95. The zero-order valence-corrected chi connectivity index (χ0v) is 9.32. The number of hydrogen-bond donors (Lipinski definition) is 1. The number of benzene rings is 1. The minimum absolute atomic E-state index is 0.441. The third-order valence-electron chi connectivity index (χ3n) is 1.75. The lowest BCUT2D eigenvalue weighted by molar-refractivity contribution is -0.145. The summed E-state index contributed by atoms with van der Waals surface area (Å²) in [5.41, 5.74) is 0. The molecule has 0 bridgehead atoms. The first-order valence-corrected chi connectivity index (χ1v) is 5.08. The Balaban J connectivity index is 2.77. The zero-order chi connectivity index (χ0) is 10.6. The maximum atomic E-state index is 10.7. The van der Waals surface area contributed by atoms with Crippen molar-refractivity contribution < 1.29 is 14.6 Å². The molecule has 0 fully saturated rings. The molecule has 0 spiro atoms. The van der Waals surface area contributed by atoms with Crippen LogP contribution in [0.4, 0.5) is 0 Å². The maximum absolute atomic E-state index is 10.7. The number of rotatable bonds is 4. The molecule has 4 heteroatoms. The third-order valence-corrected chi connectivity index (χ3v) is 2.41. The zero-order valence-electron chi connectivity index (χ0n) is 7.74. The molecule has 0 aromatic heterocycles. The molecule has 14 heavy (non-hydrogen) atoms. The van der Waals surface area contributed by atoms with Gasteiger partial charge in [-0.2, -0.15) is 0 Å². The fourth-order valence-corrected chi connectivity index (χ4v) is 1.38. The maximum Gasteiger partial charge on any atom is 0.344 e. The summed E-state index contributed by atoms with van der Waals surface area (Å²) in [5, 5.41) is 8.79. The number of aliphatic carboxylic acids is 1. The second-order valence-corrected chi connectivity index (χ2v) is 3.64. The molecule has 0 amide bonds. The smallest absolute Gasteiger partial charge is 0.344 e. The first-order valence-electron chi connectivity index (χ1n) is 4.29. The van der Waals surface area contributed by atoms with Crippen molar-refractivity contribution in [2.75, 3.05) is 0 Å². The van der Waals surface area contributed by atoms with Crippen LogP contribution in [0.15, 0.2) is 28.7 Å². The van der Waals surface area contributed by atoms with Crippen LogP contribution >= 0.6 is 15.9 Å². The first kappa shape index (κ1) is 11.0. The molecular weight excluding hydrogens is 248 g/mol. The number of ether oxygens (including phenoxy) is 1. The van der Waals surface area contributed by atoms with E-state index in [9.17, 15) is 4.79 Å². The molecule has 0 aliphatic rings. The van der Waals surface area contributed by atoms with Crippen LogP contribution in [0.1, 0.15) is 13.3 Å². The number of carboxylic acid groups (broad SMARTS) is 1. The van der Waals surface area contributed by atoms with E-state index in [-0.39, 0.29) is 0 Å². The molecule has 0 heterocycles. The van der Waals surface area contributed by atoms with Gasteiger partial charge in [-0.25, -0.2) is 4.79 Å². The van der Waals surface area contributed by atoms with Crippen molar-refractivity contribution in [2.24, 2.45) is 0 Å². The van der Waals surface area contributed by atoms with E-state index in [0.29, 0.717) is 12.2 Å². The van der Waals surface area contributed by atoms with E-state index in [0.717, 1.165) is 4.47 Å². The Labute approximate surface area is 90.8 Å². The van der Waals surface area contributed by atoms with E-state index in [1.807, 2.05) is 12.1 Å². The predicted molar refractivity (Wildman–Crippen MR) is 56.5 cm³/mol. The summed E-state index contributed by atoms with van der Waals surface area (Å²) < 4.78 is 6.07. The van der Waals surface area contributed by atoms with Crippen molar-refractivity contribution >= 4 is 21.9 Å². The molecule has 1 rings (SSSR count). The lowest BCUT2D eigenvalue weighted by atomic mass is 10.3. The van der Waals surface area contributed by atoms with Gasteiger partial charge in [0.1, 0.15) is 5.75 Å². The van der Waals surface area contributed by atoms with Crippen LogP contribution in [0.25, 0.3) is 0 Å². The molecule has 76 valence electrons. The van der Waals surface area contributed by atoms with E-state index in [1.54, 1.807) is 19.1 Å². The normalized spacial score (nSPS) is 12.1. The number of carbonyl (C=O) groups is 1. The van der Waals surface area contributed by atoms with Crippen molar-refractivity contribution in [3.05, 3.63) is 28.7 Å². The lowest BCUT2D eigenvalue weighted by Crippen LogP contribution is -2.26. The van der Waals surface area contributed by atoms with E-state index in [2.05, 4.69) is 15.9 Å². The van der Waals surface area contributed by atoms with Gasteiger partial charge in [0.25, 0.3) is 0 Å². The fraction of sp³-hybridized carbons (Fsp3) is 0.300. The fourth-order valence-electron chi connectivity index (χ4n) is 1.00. The molecule has 1 N–H and O–H groups in total. The summed E-state index contributed by atoms with van der Waals surface area (Å²) in [4.78, 5) is 10.7. The Morgan fingerprint density at radius 1 is 1.57 bits per heavy atom. The SMILES string of the molecule is CC[C@H](Oc1ccccc1Br)C(=O)O. The minimum Gasteiger partial charge on any atom is -0.479 e. The molecule has 1 aromatic rings. The van der Waals surface area contributed by atoms with Gasteiger partial charge < -0.3 is 9.84 Å². The molecule has 0 saturated heterocycles. The highest BCUT2D eigenvalue weighted by Crippen LogP contribution is 2.25. The van der Waals surface area contributed by atoms with Crippen LogP contribution in [0, 0.1) is 0 Å². The summed E-state index contributed by atoms with van der Waals surface area (Å²) in [6, 6.07) is 7.19. The third kappa shape index (κ3) is 2.73. The lowest BCUT2D eigenvalue weighted by Gasteiger charge is -2.13. The average molecular weight is 259 g/mol. The van der Waals surface area contributed by atoms with Crippen molar-refractivity contribution in [1.82, 2.24) is 0 Å². The van der Waals surface area contributed by atoms with E-state index in [4.69, 9.17) is 9.84 Å². The molecule has 1 atom stereocenters. The summed E-state index contributed by atoms with van der Waals surface area (Å²) in [5.74, 6) is -0.384. The van der Waals surface area contributed by atoms with Crippen LogP contribution in [-0.4, -0.2) is 17.2 Å². The van der Waals surface area contributed by atoms with Crippen LogP contribution in [0.5, 0.6) is 5.75 Å². The number of hydrogen-bond acceptors (Lipinski definition) is 2. The molecule has 0 aliphatic heterocycles. The Bertz CT molecular complexity index is 325. The monoisotopic (exact) mass is 258 g/mol. The van der Waals surface area contributed by atoms with E-state index >= 15 is 0 Å². The molecule has 0 unspecified atom stereocenters. The molecular formula is C10H11BrO3. The first-order chi connectivity index (χ1) is 6.65. The van der Waals surface area contributed by atoms with Gasteiger partial charge >= 0.3 is 5.97 Å². The van der Waals surface area contributed by atoms with Crippen LogP contribution in [-0.2, 0) is 4.79 Å². The topological polar surface area (TPSA) is 46.5 Å². The van der Waals surface area contributed by atoms with Gasteiger partial charge in [-0.05, 0) is 34.5 Å². The van der Waals surface area contributed by atoms with Crippen LogP contribution < -0.4 is 4.74 Å². The van der Waals surface area contributed by atoms with Crippen molar-refractivity contribution in [1.29, 1.82) is 0 Å². The van der Waals surface area contributed by atoms with Crippen molar-refractivity contribution in [2.45, 2.75) is 19.4 Å². The summed E-state index contributed by atoms with van der Waals surface area (Å²) in [7, 11) is 0. The highest BCUT2D eigenvalue weighted by atomic mass is 79.9. The van der Waals surface area contributed by atoms with Crippen LogP contribution in [0.2, 0.25) is 0 Å². The summed E-state index contributed by atoms with van der Waals surface area (Å²) in [6.07, 6.45) is -0.342. The second kappa shape index (κ2) is 5.00. The molecule has 1 aromatic carbocycles. The number of para-hydroxylation sites is 1. The summed E-state index contributed by atoms with van der Waals surface area (Å²) in [6.45, 7) is 1.77. The largest absolute Gasteiger partial charge is 0.479 e. The summed E-state index contributed by atoms with van der Waals surface area (Å²) >= 11 is 3.29. The molecule has 0 aliphatic carbocycles. The van der Waals surface area contributed by atoms with E-state index < -0.39 is 12.1 Å². The van der Waals surface area contributed by atoms with Gasteiger partial charge in [0, 0.05) is 0 Å². The number of halogens is 1. The van der Waals surface area contributed by atoms with Gasteiger partial charge in [0.2, 0.25) is 0 Å². The second-order valence-electron chi connectivity index (χ2n) is 2.78. The van der Waals surface area contributed by atoms with E-state index in [1.165, 1.54) is 0 Å². The molecule has 3 nitrogen and oxygen atoms in total. The highest BCUT2D eigenvalue weighted by molar-refractivity contribution is 9.10.